The number of ketones is 1. The summed E-state index contributed by atoms with van der Waals surface area (Å²) in [6, 6.07) is 20.0. The highest BCUT2D eigenvalue weighted by atomic mass is 32.1. The number of Topliss-reactive ketones (excluding diaryl/α,β-unsaturated/α-hetero) is 1. The molecule has 1 aromatic heterocycles. The van der Waals surface area contributed by atoms with Gasteiger partial charge in [0.1, 0.15) is 12.3 Å². The summed E-state index contributed by atoms with van der Waals surface area (Å²) in [6.45, 7) is 14.5. The Balaban J connectivity index is 1.30. The number of aliphatic hydroxyl groups excluding tert-OH is 1. The topological polar surface area (TPSA) is 77.7 Å². The molecule has 4 aromatic rings. The molecule has 0 spiro atoms. The number of para-hydroxylation sites is 2. The van der Waals surface area contributed by atoms with E-state index in [1.165, 1.54) is 22.5 Å². The van der Waals surface area contributed by atoms with E-state index in [0.29, 0.717) is 14.6 Å². The minimum Gasteiger partial charge on any atom is -0.506 e. The molecule has 1 aliphatic carbocycles. The highest BCUT2D eigenvalue weighted by Crippen LogP contribution is 2.49. The fourth-order valence-electron chi connectivity index (χ4n) is 7.75. The number of fused-ring (bicyclic) bond motifs is 2. The summed E-state index contributed by atoms with van der Waals surface area (Å²) >= 11 is 1.20. The number of anilines is 1. The zero-order valence-corrected chi connectivity index (χ0v) is 30.0. The van der Waals surface area contributed by atoms with Crippen LogP contribution in [0, 0.1) is 9.75 Å². The van der Waals surface area contributed by atoms with Crippen LogP contribution < -0.4 is 25.5 Å². The molecule has 3 aliphatic rings. The molecule has 7 heteroatoms. The maximum atomic E-state index is 13.6. The normalized spacial score (nSPS) is 19.6. The third-order valence-corrected chi connectivity index (χ3v) is 11.8. The van der Waals surface area contributed by atoms with Gasteiger partial charge in [0, 0.05) is 56.5 Å². The van der Waals surface area contributed by atoms with Crippen LogP contribution in [0.2, 0.25) is 0 Å². The Morgan fingerprint density at radius 3 is 2.14 bits per heavy atom. The number of carbonyl (C=O) groups excluding carboxylic acids is 1. The van der Waals surface area contributed by atoms with Crippen molar-refractivity contribution < 1.29 is 14.5 Å². The molecule has 0 saturated heterocycles. The second-order valence-corrected chi connectivity index (χ2v) is 15.5. The number of thiophene rings is 1. The third-order valence-electron chi connectivity index (χ3n) is 10.6. The molecular formula is C42H43N2O4S+. The van der Waals surface area contributed by atoms with E-state index in [9.17, 15) is 19.5 Å². The SMILES string of the molecule is CCCCN1C(=CC2=C(O)C(=c3ccc(=c4c(=O)c(=CC5=[N+](CCCC)c6ccccc6C5(C)C)c4=O)s3)C2=O)C(C)(C)c2ccccc21. The minimum absolute atomic E-state index is 0.0449. The Kier molecular flexibility index (Phi) is 8.10. The standard InChI is InChI=1S/C42H42N2O4S/c1-7-9-21-43-29-17-13-11-15-27(29)41(3,4)33(43)23-25-37(45)35(38(25)46)31-19-20-32(49-31)36-39(47)26(40(36)48)24-34-42(5,6)28-16-12-14-18-30(28)44(34)22-10-8-2/h11-20,23-24H,7-10,21-22H2,1-6H3/p+1. The van der Waals surface area contributed by atoms with Crippen LogP contribution in [0.5, 0.6) is 0 Å². The number of nitrogens with zero attached hydrogens (tertiary/aromatic N) is 2. The molecule has 3 aromatic carbocycles. The van der Waals surface area contributed by atoms with Crippen LogP contribution in [-0.2, 0) is 15.6 Å². The lowest BCUT2D eigenvalue weighted by molar-refractivity contribution is -0.437. The Bertz CT molecular complexity index is 2420. The van der Waals surface area contributed by atoms with Gasteiger partial charge in [0.25, 0.3) is 0 Å². The molecule has 0 amide bonds. The monoisotopic (exact) mass is 671 g/mol. The van der Waals surface area contributed by atoms with E-state index in [-0.39, 0.29) is 49.2 Å². The minimum atomic E-state index is -0.356. The largest absolute Gasteiger partial charge is 0.506 e. The highest BCUT2D eigenvalue weighted by molar-refractivity contribution is 7.08. The summed E-state index contributed by atoms with van der Waals surface area (Å²) in [5.74, 6) is -0.277. The maximum Gasteiger partial charge on any atom is 0.209 e. The van der Waals surface area contributed by atoms with Crippen LogP contribution in [0.25, 0.3) is 11.6 Å². The van der Waals surface area contributed by atoms with Crippen molar-refractivity contribution in [2.75, 3.05) is 18.0 Å². The van der Waals surface area contributed by atoms with E-state index in [0.717, 1.165) is 61.6 Å². The molecule has 1 N–H and O–H groups in total. The number of rotatable bonds is 8. The van der Waals surface area contributed by atoms with Gasteiger partial charge in [0.15, 0.2) is 5.71 Å². The van der Waals surface area contributed by atoms with Gasteiger partial charge in [-0.3, -0.25) is 14.4 Å². The lowest BCUT2D eigenvalue weighted by Gasteiger charge is -2.29. The fourth-order valence-corrected chi connectivity index (χ4v) is 8.84. The van der Waals surface area contributed by atoms with Gasteiger partial charge in [0.05, 0.1) is 27.0 Å². The van der Waals surface area contributed by atoms with E-state index in [4.69, 9.17) is 0 Å². The third kappa shape index (κ3) is 4.96. The Labute approximate surface area is 290 Å². The van der Waals surface area contributed by atoms with E-state index in [1.54, 1.807) is 18.2 Å². The molecule has 3 heterocycles. The van der Waals surface area contributed by atoms with Crippen molar-refractivity contribution in [3.63, 3.8) is 0 Å². The van der Waals surface area contributed by atoms with Gasteiger partial charge in [-0.1, -0.05) is 76.9 Å². The number of carbonyl (C=O) groups is 1. The molecule has 0 fully saturated rings. The van der Waals surface area contributed by atoms with Crippen LogP contribution in [0.15, 0.2) is 93.4 Å². The number of hydrogen-bond acceptors (Lipinski definition) is 6. The fraction of sp³-hybridized carbons (Fsp3) is 0.333. The average Bonchev–Trinajstić information content (AvgIpc) is 3.69. The molecule has 7 rings (SSSR count). The summed E-state index contributed by atoms with van der Waals surface area (Å²) in [6.07, 6.45) is 7.72. The Morgan fingerprint density at radius 2 is 1.45 bits per heavy atom. The predicted octanol–water partition coefficient (Wildman–Crippen LogP) is 6.32. The predicted molar refractivity (Wildman–Crippen MR) is 199 cm³/mol. The zero-order valence-electron chi connectivity index (χ0n) is 29.1. The molecule has 250 valence electrons. The van der Waals surface area contributed by atoms with Crippen LogP contribution in [-0.4, -0.2) is 34.3 Å². The van der Waals surface area contributed by atoms with Crippen molar-refractivity contribution in [2.45, 2.75) is 78.1 Å². The molecule has 2 aliphatic heterocycles. The van der Waals surface area contributed by atoms with Gasteiger partial charge in [-0.15, -0.1) is 11.3 Å². The summed E-state index contributed by atoms with van der Waals surface area (Å²) in [7, 11) is 0. The van der Waals surface area contributed by atoms with Gasteiger partial charge in [-0.25, -0.2) is 0 Å². The summed E-state index contributed by atoms with van der Waals surface area (Å²) < 4.78 is 3.32. The second kappa shape index (κ2) is 12.1. The summed E-state index contributed by atoms with van der Waals surface area (Å²) in [5.41, 5.74) is 5.87. The summed E-state index contributed by atoms with van der Waals surface area (Å²) in [4.78, 5) is 43.0. The van der Waals surface area contributed by atoms with Gasteiger partial charge in [-0.05, 0) is 50.1 Å². The maximum absolute atomic E-state index is 13.6. The molecule has 0 unspecified atom stereocenters. The lowest BCUT2D eigenvalue weighted by atomic mass is 9.80. The van der Waals surface area contributed by atoms with Crippen molar-refractivity contribution in [1.82, 2.24) is 0 Å². The lowest BCUT2D eigenvalue weighted by Crippen LogP contribution is -2.51. The Morgan fingerprint density at radius 1 is 0.796 bits per heavy atom. The van der Waals surface area contributed by atoms with Crippen molar-refractivity contribution in [2.24, 2.45) is 0 Å². The number of benzene rings is 2. The van der Waals surface area contributed by atoms with Gasteiger partial charge >= 0.3 is 0 Å². The molecule has 6 nitrogen and oxygen atoms in total. The van der Waals surface area contributed by atoms with Gasteiger partial charge in [0.2, 0.25) is 22.3 Å². The van der Waals surface area contributed by atoms with E-state index in [1.807, 2.05) is 30.3 Å². The first-order valence-corrected chi connectivity index (χ1v) is 18.2. The van der Waals surface area contributed by atoms with E-state index in [2.05, 4.69) is 75.3 Å². The number of aliphatic hydroxyl groups is 1. The quantitative estimate of drug-likeness (QED) is 0.222. The second-order valence-electron chi connectivity index (χ2n) is 14.4. The molecule has 0 bridgehead atoms. The van der Waals surface area contributed by atoms with Gasteiger partial charge < -0.3 is 10.0 Å². The molecular weight excluding hydrogens is 629 g/mol. The number of allylic oxidation sites excluding steroid dienone is 4. The van der Waals surface area contributed by atoms with Gasteiger partial charge in [-0.2, -0.15) is 4.58 Å². The Hall–Kier alpha value is -4.62. The molecule has 49 heavy (non-hydrogen) atoms. The number of unbranched alkanes of at least 4 members (excludes halogenated alkanes) is 2. The van der Waals surface area contributed by atoms with Crippen LogP contribution in [0.1, 0.15) is 78.4 Å². The van der Waals surface area contributed by atoms with Crippen molar-refractivity contribution in [3.8, 4) is 0 Å². The smallest absolute Gasteiger partial charge is 0.209 e. The molecule has 0 atom stereocenters. The first-order chi connectivity index (χ1) is 23.4. The van der Waals surface area contributed by atoms with Crippen LogP contribution in [0.4, 0.5) is 11.4 Å². The van der Waals surface area contributed by atoms with Crippen molar-refractivity contribution in [1.29, 1.82) is 0 Å². The van der Waals surface area contributed by atoms with Crippen molar-refractivity contribution in [3.05, 3.63) is 135 Å². The highest BCUT2D eigenvalue weighted by Gasteiger charge is 2.45. The molecule has 0 radical (unpaired) electrons. The molecule has 0 saturated carbocycles. The number of hydrogen-bond donors (Lipinski definition) is 1. The first kappa shape index (κ1) is 32.9. The zero-order chi connectivity index (χ0) is 34.8. The van der Waals surface area contributed by atoms with Crippen molar-refractivity contribution >= 4 is 45.9 Å². The van der Waals surface area contributed by atoms with E-state index >= 15 is 0 Å². The summed E-state index contributed by atoms with van der Waals surface area (Å²) in [5, 5.41) is 11.6. The van der Waals surface area contributed by atoms with Crippen LogP contribution in [0.3, 0.4) is 0 Å². The van der Waals surface area contributed by atoms with E-state index < -0.39 is 0 Å². The average molecular weight is 672 g/mol. The first-order valence-electron chi connectivity index (χ1n) is 17.4. The van der Waals surface area contributed by atoms with Crippen LogP contribution >= 0.6 is 11.3 Å².